The van der Waals surface area contributed by atoms with Crippen LogP contribution in [0.15, 0.2) is 36.4 Å². The summed E-state index contributed by atoms with van der Waals surface area (Å²) in [6, 6.07) is 12.2. The SMILES string of the molecule is COc1cc(C)c(C(C)NC(=O)C2CCN(Cc3ccccc3Cl)CC2)cc1C(C)C. The van der Waals surface area contributed by atoms with Gasteiger partial charge in [-0.3, -0.25) is 9.69 Å². The van der Waals surface area contributed by atoms with Crippen molar-refractivity contribution in [2.24, 2.45) is 5.92 Å². The van der Waals surface area contributed by atoms with Crippen LogP contribution in [0.2, 0.25) is 5.02 Å². The molecular formula is C26H35ClN2O2. The van der Waals surface area contributed by atoms with Gasteiger partial charge >= 0.3 is 0 Å². The number of hydrogen-bond donors (Lipinski definition) is 1. The first-order chi connectivity index (χ1) is 14.8. The lowest BCUT2D eigenvalue weighted by Gasteiger charge is -2.32. The maximum absolute atomic E-state index is 13.0. The Morgan fingerprint density at radius 2 is 1.84 bits per heavy atom. The molecule has 1 aliphatic rings. The van der Waals surface area contributed by atoms with Crippen molar-refractivity contribution in [2.45, 2.75) is 59.0 Å². The molecule has 1 atom stereocenters. The topological polar surface area (TPSA) is 41.6 Å². The standard InChI is InChI=1S/C26H35ClN2O2/c1-17(2)22-15-23(18(3)14-25(22)31-5)19(4)28-26(30)20-10-12-29(13-11-20)16-21-8-6-7-9-24(21)27/h6-9,14-15,17,19-20H,10-13,16H2,1-5H3,(H,28,30). The molecule has 0 spiro atoms. The van der Waals surface area contributed by atoms with Crippen LogP contribution in [0.25, 0.3) is 0 Å². The minimum absolute atomic E-state index is 0.0305. The number of likely N-dealkylation sites (tertiary alicyclic amines) is 1. The number of hydrogen-bond acceptors (Lipinski definition) is 3. The predicted molar refractivity (Wildman–Crippen MR) is 128 cm³/mol. The van der Waals surface area contributed by atoms with E-state index in [1.165, 1.54) is 5.56 Å². The van der Waals surface area contributed by atoms with Gasteiger partial charge in [0.15, 0.2) is 0 Å². The van der Waals surface area contributed by atoms with Crippen molar-refractivity contribution in [1.82, 2.24) is 10.2 Å². The van der Waals surface area contributed by atoms with E-state index in [-0.39, 0.29) is 17.9 Å². The molecule has 1 aliphatic heterocycles. The molecule has 1 saturated heterocycles. The van der Waals surface area contributed by atoms with Crippen LogP contribution in [0.5, 0.6) is 5.75 Å². The summed E-state index contributed by atoms with van der Waals surface area (Å²) < 4.78 is 5.56. The molecule has 2 aromatic rings. The van der Waals surface area contributed by atoms with Crippen molar-refractivity contribution in [1.29, 1.82) is 0 Å². The minimum Gasteiger partial charge on any atom is -0.496 e. The molecule has 0 radical (unpaired) electrons. The molecule has 1 unspecified atom stereocenters. The lowest BCUT2D eigenvalue weighted by Crippen LogP contribution is -2.41. The summed E-state index contributed by atoms with van der Waals surface area (Å²) in [7, 11) is 1.71. The van der Waals surface area contributed by atoms with Crippen LogP contribution < -0.4 is 10.1 Å². The third kappa shape index (κ3) is 5.81. The molecule has 5 heteroatoms. The third-order valence-corrected chi connectivity index (χ3v) is 6.74. The van der Waals surface area contributed by atoms with Crippen molar-refractivity contribution in [3.8, 4) is 5.75 Å². The van der Waals surface area contributed by atoms with E-state index in [0.29, 0.717) is 5.92 Å². The summed E-state index contributed by atoms with van der Waals surface area (Å²) in [5.74, 6) is 1.50. The number of methoxy groups -OCH3 is 1. The van der Waals surface area contributed by atoms with Gasteiger partial charge in [0, 0.05) is 17.5 Å². The second kappa shape index (κ2) is 10.5. The zero-order valence-corrected chi connectivity index (χ0v) is 20.1. The molecule has 1 fully saturated rings. The van der Waals surface area contributed by atoms with Crippen molar-refractivity contribution in [3.63, 3.8) is 0 Å². The minimum atomic E-state index is -0.0305. The number of carbonyl (C=O) groups excluding carboxylic acids is 1. The van der Waals surface area contributed by atoms with Crippen LogP contribution in [0.4, 0.5) is 0 Å². The maximum Gasteiger partial charge on any atom is 0.223 e. The molecular weight excluding hydrogens is 408 g/mol. The highest BCUT2D eigenvalue weighted by Crippen LogP contribution is 2.32. The quantitative estimate of drug-likeness (QED) is 0.583. The van der Waals surface area contributed by atoms with Crippen LogP contribution in [0.1, 0.15) is 67.8 Å². The Balaban J connectivity index is 1.58. The van der Waals surface area contributed by atoms with E-state index in [1.807, 2.05) is 18.2 Å². The van der Waals surface area contributed by atoms with E-state index < -0.39 is 0 Å². The Labute approximate surface area is 191 Å². The van der Waals surface area contributed by atoms with E-state index in [9.17, 15) is 4.79 Å². The van der Waals surface area contributed by atoms with Gasteiger partial charge in [0.25, 0.3) is 0 Å². The summed E-state index contributed by atoms with van der Waals surface area (Å²) in [6.45, 7) is 11.1. The van der Waals surface area contributed by atoms with E-state index in [1.54, 1.807) is 7.11 Å². The first kappa shape index (κ1) is 23.6. The fraction of sp³-hybridized carbons (Fsp3) is 0.500. The Morgan fingerprint density at radius 1 is 1.16 bits per heavy atom. The summed E-state index contributed by atoms with van der Waals surface area (Å²) in [5, 5.41) is 4.08. The van der Waals surface area contributed by atoms with Gasteiger partial charge in [-0.2, -0.15) is 0 Å². The van der Waals surface area contributed by atoms with Gasteiger partial charge in [0.1, 0.15) is 5.75 Å². The molecule has 0 saturated carbocycles. The first-order valence-corrected chi connectivity index (χ1v) is 11.6. The molecule has 1 N–H and O–H groups in total. The van der Waals surface area contributed by atoms with Crippen molar-refractivity contribution in [3.05, 3.63) is 63.7 Å². The number of carbonyl (C=O) groups is 1. The summed E-state index contributed by atoms with van der Waals surface area (Å²) in [5.41, 5.74) is 4.63. The normalized spacial score (nSPS) is 16.4. The van der Waals surface area contributed by atoms with Crippen molar-refractivity contribution >= 4 is 17.5 Å². The van der Waals surface area contributed by atoms with Crippen LogP contribution >= 0.6 is 11.6 Å². The van der Waals surface area contributed by atoms with Gasteiger partial charge in [-0.1, -0.05) is 43.6 Å². The first-order valence-electron chi connectivity index (χ1n) is 11.2. The molecule has 168 valence electrons. The number of nitrogens with one attached hydrogen (secondary N) is 1. The maximum atomic E-state index is 13.0. The Hall–Kier alpha value is -2.04. The number of aryl methyl sites for hydroxylation is 1. The molecule has 1 amide bonds. The highest BCUT2D eigenvalue weighted by molar-refractivity contribution is 6.31. The molecule has 3 rings (SSSR count). The Kier molecular flexibility index (Phi) is 8.01. The highest BCUT2D eigenvalue weighted by atomic mass is 35.5. The lowest BCUT2D eigenvalue weighted by atomic mass is 9.92. The highest BCUT2D eigenvalue weighted by Gasteiger charge is 2.27. The Morgan fingerprint density at radius 3 is 2.45 bits per heavy atom. The number of piperidine rings is 1. The average molecular weight is 443 g/mol. The van der Waals surface area contributed by atoms with Crippen molar-refractivity contribution < 1.29 is 9.53 Å². The molecule has 2 aromatic carbocycles. The third-order valence-electron chi connectivity index (χ3n) is 6.38. The number of benzene rings is 2. The zero-order valence-electron chi connectivity index (χ0n) is 19.4. The van der Waals surface area contributed by atoms with Gasteiger partial charge in [-0.25, -0.2) is 0 Å². The molecule has 0 aliphatic carbocycles. The predicted octanol–water partition coefficient (Wildman–Crippen LogP) is 5.87. The van der Waals surface area contributed by atoms with Crippen LogP contribution in [-0.2, 0) is 11.3 Å². The van der Waals surface area contributed by atoms with Gasteiger partial charge in [0.05, 0.1) is 13.2 Å². The molecule has 1 heterocycles. The zero-order chi connectivity index (χ0) is 22.5. The summed E-state index contributed by atoms with van der Waals surface area (Å²) in [6.07, 6.45) is 1.75. The molecule has 0 bridgehead atoms. The smallest absolute Gasteiger partial charge is 0.223 e. The summed E-state index contributed by atoms with van der Waals surface area (Å²) >= 11 is 6.30. The molecule has 31 heavy (non-hydrogen) atoms. The van der Waals surface area contributed by atoms with E-state index >= 15 is 0 Å². The van der Waals surface area contributed by atoms with Crippen LogP contribution in [0, 0.1) is 12.8 Å². The number of amides is 1. The van der Waals surface area contributed by atoms with Gasteiger partial charge < -0.3 is 10.1 Å². The Bertz CT molecular complexity index is 904. The van der Waals surface area contributed by atoms with E-state index in [4.69, 9.17) is 16.3 Å². The van der Waals surface area contributed by atoms with Crippen LogP contribution in [-0.4, -0.2) is 31.0 Å². The molecule has 4 nitrogen and oxygen atoms in total. The number of rotatable bonds is 7. The van der Waals surface area contributed by atoms with Crippen molar-refractivity contribution in [2.75, 3.05) is 20.2 Å². The van der Waals surface area contributed by atoms with E-state index in [2.05, 4.69) is 56.1 Å². The largest absolute Gasteiger partial charge is 0.496 e. The average Bonchev–Trinajstić information content (AvgIpc) is 2.75. The lowest BCUT2D eigenvalue weighted by molar-refractivity contribution is -0.127. The number of ether oxygens (including phenoxy) is 1. The van der Waals surface area contributed by atoms with Gasteiger partial charge in [0.2, 0.25) is 5.91 Å². The van der Waals surface area contributed by atoms with Gasteiger partial charge in [-0.15, -0.1) is 0 Å². The monoisotopic (exact) mass is 442 g/mol. The second-order valence-corrected chi connectivity index (χ2v) is 9.38. The fourth-order valence-corrected chi connectivity index (χ4v) is 4.64. The van der Waals surface area contributed by atoms with E-state index in [0.717, 1.165) is 59.9 Å². The fourth-order valence-electron chi connectivity index (χ4n) is 4.44. The van der Waals surface area contributed by atoms with Gasteiger partial charge in [-0.05, 0) is 86.1 Å². The second-order valence-electron chi connectivity index (χ2n) is 8.98. The number of nitrogens with zero attached hydrogens (tertiary/aromatic N) is 1. The van der Waals surface area contributed by atoms with Crippen LogP contribution in [0.3, 0.4) is 0 Å². The number of halogens is 1. The summed E-state index contributed by atoms with van der Waals surface area (Å²) in [4.78, 5) is 15.4. The molecule has 0 aromatic heterocycles.